The van der Waals surface area contributed by atoms with Gasteiger partial charge in [-0.1, -0.05) is 31.0 Å². The zero-order chi connectivity index (χ0) is 30.1. The van der Waals surface area contributed by atoms with E-state index in [4.69, 9.17) is 4.74 Å². The molecule has 2 bridgehead atoms. The van der Waals surface area contributed by atoms with Gasteiger partial charge in [0.15, 0.2) is 5.78 Å². The van der Waals surface area contributed by atoms with Crippen molar-refractivity contribution < 1.29 is 14.3 Å². The number of amides is 1. The smallest absolute Gasteiger partial charge is 0.225 e. The number of aromatic nitrogens is 1. The predicted molar refractivity (Wildman–Crippen MR) is 171 cm³/mol. The Balaban J connectivity index is 1.13. The Morgan fingerprint density at radius 1 is 0.907 bits per heavy atom. The van der Waals surface area contributed by atoms with Gasteiger partial charge in [0.2, 0.25) is 5.91 Å². The van der Waals surface area contributed by atoms with Crippen molar-refractivity contribution in [2.75, 3.05) is 59.0 Å². The first-order valence-electron chi connectivity index (χ1n) is 16.8. The molecule has 1 aromatic carbocycles. The normalized spacial score (nSPS) is 25.0. The second-order valence-electron chi connectivity index (χ2n) is 14.4. The van der Waals surface area contributed by atoms with E-state index in [0.717, 1.165) is 77.9 Å². The Morgan fingerprint density at radius 3 is 2.21 bits per heavy atom. The molecular formula is C36H52N4O3. The average molecular weight is 589 g/mol. The number of ether oxygens (including phenoxy) is 1. The lowest BCUT2D eigenvalue weighted by Gasteiger charge is -2.35. The van der Waals surface area contributed by atoms with Crippen LogP contribution in [0.2, 0.25) is 0 Å². The van der Waals surface area contributed by atoms with E-state index in [1.54, 1.807) is 0 Å². The molecule has 6 rings (SSSR count). The van der Waals surface area contributed by atoms with E-state index >= 15 is 0 Å². The summed E-state index contributed by atoms with van der Waals surface area (Å²) in [5.41, 5.74) is 7.43. The zero-order valence-electron chi connectivity index (χ0n) is 26.9. The van der Waals surface area contributed by atoms with E-state index in [1.165, 1.54) is 46.4 Å². The average Bonchev–Trinajstić information content (AvgIpc) is 3.73. The molecule has 4 aliphatic heterocycles. The van der Waals surface area contributed by atoms with Gasteiger partial charge in [-0.05, 0) is 120 Å². The summed E-state index contributed by atoms with van der Waals surface area (Å²) in [5.74, 6) is 1.49. The van der Waals surface area contributed by atoms with Crippen LogP contribution in [0.3, 0.4) is 0 Å². The summed E-state index contributed by atoms with van der Waals surface area (Å²) in [6, 6.07) is 6.94. The van der Waals surface area contributed by atoms with Crippen molar-refractivity contribution in [1.29, 1.82) is 0 Å². The number of likely N-dealkylation sites (tertiary alicyclic amines) is 1. The monoisotopic (exact) mass is 588 g/mol. The van der Waals surface area contributed by atoms with Gasteiger partial charge in [-0.25, -0.2) is 0 Å². The summed E-state index contributed by atoms with van der Waals surface area (Å²) in [6.07, 6.45) is 9.21. The number of rotatable bonds is 10. The minimum atomic E-state index is -0.334. The fraction of sp³-hybridized carbons (Fsp3) is 0.667. The number of Topliss-reactive ketones (excluding diaryl/α,β-unsaturated/α-hetero) is 1. The Labute approximate surface area is 258 Å². The Hall–Kier alpha value is -2.48. The maximum Gasteiger partial charge on any atom is 0.225 e. The van der Waals surface area contributed by atoms with Gasteiger partial charge in [0.1, 0.15) is 0 Å². The predicted octanol–water partition coefficient (Wildman–Crippen LogP) is 5.03. The molecule has 4 fully saturated rings. The maximum absolute atomic E-state index is 13.8. The van der Waals surface area contributed by atoms with Crippen LogP contribution in [0, 0.1) is 31.1 Å². The van der Waals surface area contributed by atoms with Gasteiger partial charge in [-0.2, -0.15) is 0 Å². The Kier molecular flexibility index (Phi) is 9.14. The minimum absolute atomic E-state index is 0.143. The second kappa shape index (κ2) is 12.9. The van der Waals surface area contributed by atoms with Crippen molar-refractivity contribution in [2.45, 2.75) is 78.7 Å². The summed E-state index contributed by atoms with van der Waals surface area (Å²) >= 11 is 0. The van der Waals surface area contributed by atoms with Crippen LogP contribution in [0.5, 0.6) is 0 Å². The van der Waals surface area contributed by atoms with E-state index in [0.29, 0.717) is 30.8 Å². The molecular weight excluding hydrogens is 536 g/mol. The molecule has 4 saturated heterocycles. The second-order valence-corrected chi connectivity index (χ2v) is 14.4. The van der Waals surface area contributed by atoms with Crippen molar-refractivity contribution in [1.82, 2.24) is 19.7 Å². The summed E-state index contributed by atoms with van der Waals surface area (Å²) in [6.45, 7) is 16.6. The fourth-order valence-corrected chi connectivity index (χ4v) is 8.26. The quantitative estimate of drug-likeness (QED) is 0.422. The topological polar surface area (TPSA) is 68.9 Å². The molecule has 43 heavy (non-hydrogen) atoms. The van der Waals surface area contributed by atoms with Crippen LogP contribution in [-0.4, -0.2) is 96.4 Å². The number of nitrogens with zero attached hydrogens (tertiary/aromatic N) is 3. The highest BCUT2D eigenvalue weighted by molar-refractivity contribution is 5.90. The van der Waals surface area contributed by atoms with Crippen molar-refractivity contribution in [2.24, 2.45) is 17.3 Å². The summed E-state index contributed by atoms with van der Waals surface area (Å²) in [4.78, 5) is 37.5. The van der Waals surface area contributed by atoms with E-state index < -0.39 is 0 Å². The number of carbonyl (C=O) groups is 2. The molecule has 1 N–H and O–H groups in total. The molecule has 0 spiro atoms. The lowest BCUT2D eigenvalue weighted by molar-refractivity contribution is -0.141. The third-order valence-corrected chi connectivity index (χ3v) is 10.9. The highest BCUT2D eigenvalue weighted by Gasteiger charge is 2.47. The number of piperidine rings is 2. The molecule has 2 aromatic rings. The molecule has 234 valence electrons. The lowest BCUT2D eigenvalue weighted by atomic mass is 9.77. The van der Waals surface area contributed by atoms with E-state index in [2.05, 4.69) is 66.9 Å². The molecule has 5 heterocycles. The highest BCUT2D eigenvalue weighted by Crippen LogP contribution is 2.40. The number of fused-ring (bicyclic) bond motifs is 2. The van der Waals surface area contributed by atoms with Gasteiger partial charge in [-0.3, -0.25) is 14.5 Å². The van der Waals surface area contributed by atoms with Crippen molar-refractivity contribution in [3.63, 3.8) is 0 Å². The SMILES string of the molecule is Cc1cc(C)cc(-c2[nH]cc(CCC(C)(C)C(=O)C3C4CCN3CC4)c2CCN2CCC(C(=O)N3CCOCC3)CC2)c1. The molecule has 1 aromatic heterocycles. The molecule has 1 atom stereocenters. The molecule has 1 unspecified atom stereocenters. The first-order valence-corrected chi connectivity index (χ1v) is 16.8. The molecule has 1 amide bonds. The van der Waals surface area contributed by atoms with Crippen molar-refractivity contribution >= 4 is 11.7 Å². The van der Waals surface area contributed by atoms with Crippen LogP contribution in [-0.2, 0) is 27.2 Å². The highest BCUT2D eigenvalue weighted by atomic mass is 16.5. The standard InChI is InChI=1S/C36H52N4O3/c1-25-21-26(2)23-30(22-25)32-31(10-14-38-12-6-28(7-13-38)35(42)40-17-19-43-20-18-40)29(24-37-32)5-11-36(3,4)34(41)33-27-8-15-39(33)16-9-27/h21-24,27-28,33,37H,5-20H2,1-4H3. The van der Waals surface area contributed by atoms with Crippen LogP contribution in [0.15, 0.2) is 24.4 Å². The first-order chi connectivity index (χ1) is 20.7. The number of hydrogen-bond acceptors (Lipinski definition) is 5. The van der Waals surface area contributed by atoms with E-state index in [1.807, 2.05) is 4.90 Å². The number of benzene rings is 1. The first kappa shape index (κ1) is 30.5. The number of nitrogens with one attached hydrogen (secondary N) is 1. The number of aromatic amines is 1. The van der Waals surface area contributed by atoms with Gasteiger partial charge in [0.25, 0.3) is 0 Å². The van der Waals surface area contributed by atoms with Crippen molar-refractivity contribution in [3.05, 3.63) is 46.6 Å². The number of morpholine rings is 1. The van der Waals surface area contributed by atoms with E-state index in [-0.39, 0.29) is 17.4 Å². The van der Waals surface area contributed by atoms with Gasteiger partial charge in [0.05, 0.1) is 19.3 Å². The van der Waals surface area contributed by atoms with Gasteiger partial charge < -0.3 is 19.5 Å². The Bertz CT molecular complexity index is 1260. The van der Waals surface area contributed by atoms with Gasteiger partial charge in [0, 0.05) is 42.9 Å². The van der Waals surface area contributed by atoms with Crippen LogP contribution < -0.4 is 0 Å². The molecule has 7 heteroatoms. The molecule has 0 aliphatic carbocycles. The number of hydrogen-bond donors (Lipinski definition) is 1. The van der Waals surface area contributed by atoms with Crippen molar-refractivity contribution in [3.8, 4) is 11.3 Å². The Morgan fingerprint density at radius 2 is 1.58 bits per heavy atom. The van der Waals surface area contributed by atoms with E-state index in [9.17, 15) is 9.59 Å². The van der Waals surface area contributed by atoms with Gasteiger partial charge >= 0.3 is 0 Å². The third kappa shape index (κ3) is 6.64. The van der Waals surface area contributed by atoms with Crippen LogP contribution in [0.25, 0.3) is 11.3 Å². The third-order valence-electron chi connectivity index (χ3n) is 10.9. The van der Waals surface area contributed by atoms with Crippen LogP contribution in [0.1, 0.15) is 68.2 Å². The maximum atomic E-state index is 13.8. The molecule has 0 saturated carbocycles. The zero-order valence-corrected chi connectivity index (χ0v) is 26.9. The van der Waals surface area contributed by atoms with Gasteiger partial charge in [-0.15, -0.1) is 0 Å². The number of H-pyrrole nitrogens is 1. The number of aryl methyl sites for hydroxylation is 3. The summed E-state index contributed by atoms with van der Waals surface area (Å²) in [5, 5.41) is 0. The molecule has 0 radical (unpaired) electrons. The number of carbonyl (C=O) groups excluding carboxylic acids is 2. The summed E-state index contributed by atoms with van der Waals surface area (Å²) in [7, 11) is 0. The largest absolute Gasteiger partial charge is 0.378 e. The molecule has 4 aliphatic rings. The lowest BCUT2D eigenvalue weighted by Crippen LogP contribution is -2.47. The van der Waals surface area contributed by atoms with Crippen LogP contribution in [0.4, 0.5) is 0 Å². The minimum Gasteiger partial charge on any atom is -0.378 e. The molecule has 7 nitrogen and oxygen atoms in total. The van der Waals surface area contributed by atoms with Crippen LogP contribution >= 0.6 is 0 Å². The summed E-state index contributed by atoms with van der Waals surface area (Å²) < 4.78 is 5.44. The fourth-order valence-electron chi connectivity index (χ4n) is 8.26. The number of ketones is 1.